The molecule has 6 heteroatoms. The van der Waals surface area contributed by atoms with Gasteiger partial charge in [-0.15, -0.1) is 0 Å². The Labute approximate surface area is 147 Å². The van der Waals surface area contributed by atoms with Crippen molar-refractivity contribution in [3.8, 4) is 0 Å². The van der Waals surface area contributed by atoms with Crippen molar-refractivity contribution in [3.05, 3.63) is 96.6 Å². The van der Waals surface area contributed by atoms with Gasteiger partial charge in [-0.05, 0) is 5.56 Å². The fraction of sp³-hybridized carbons (Fsp3) is 0.0526. The maximum atomic E-state index is 14.2. The van der Waals surface area contributed by atoms with E-state index in [0.717, 1.165) is 0 Å². The van der Waals surface area contributed by atoms with Gasteiger partial charge in [0.25, 0.3) is 10.1 Å². The molecule has 3 aromatic rings. The van der Waals surface area contributed by atoms with E-state index in [2.05, 4.69) is 0 Å². The van der Waals surface area contributed by atoms with Crippen LogP contribution in [0, 0.1) is 0 Å². The molecule has 0 radical (unpaired) electrons. The third-order valence-electron chi connectivity index (χ3n) is 3.98. The smallest absolute Gasteiger partial charge is 0.279 e. The Morgan fingerprint density at radius 3 is 1.40 bits per heavy atom. The lowest BCUT2D eigenvalue weighted by Crippen LogP contribution is -2.26. The van der Waals surface area contributed by atoms with E-state index in [1.165, 1.54) is 0 Å². The van der Waals surface area contributed by atoms with Crippen LogP contribution in [0.3, 0.4) is 0 Å². The van der Waals surface area contributed by atoms with Crippen LogP contribution in [-0.4, -0.2) is 13.0 Å². The molecule has 1 atom stereocenters. The summed E-state index contributed by atoms with van der Waals surface area (Å²) in [4.78, 5) is -1.56. The zero-order valence-electron chi connectivity index (χ0n) is 13.3. The summed E-state index contributed by atoms with van der Waals surface area (Å²) in [5.74, 6) is 0. The van der Waals surface area contributed by atoms with Gasteiger partial charge in [0.05, 0.1) is 0 Å². The number of hydrogen-bond acceptors (Lipinski definition) is 3. The highest BCUT2D eigenvalue weighted by Gasteiger charge is 2.45. The summed E-state index contributed by atoms with van der Waals surface area (Å²) >= 11 is 0. The Hall–Kier alpha value is -2.20. The van der Waals surface area contributed by atoms with E-state index < -0.39 is 22.3 Å². The van der Waals surface area contributed by atoms with Crippen LogP contribution >= 0.6 is 7.14 Å². The van der Waals surface area contributed by atoms with Crippen LogP contribution in [0.4, 0.5) is 0 Å². The van der Waals surface area contributed by atoms with Gasteiger partial charge in [0, 0.05) is 10.6 Å². The number of benzene rings is 3. The monoisotopic (exact) mass is 372 g/mol. The topological polar surface area (TPSA) is 71.4 Å². The van der Waals surface area contributed by atoms with Gasteiger partial charge in [0.1, 0.15) is 0 Å². The average Bonchev–Trinajstić information content (AvgIpc) is 2.63. The van der Waals surface area contributed by atoms with E-state index in [0.29, 0.717) is 16.2 Å². The summed E-state index contributed by atoms with van der Waals surface area (Å²) in [6.07, 6.45) is 0. The third kappa shape index (κ3) is 3.45. The summed E-state index contributed by atoms with van der Waals surface area (Å²) in [6.45, 7) is 0. The Balaban J connectivity index is 2.36. The van der Waals surface area contributed by atoms with Crippen molar-refractivity contribution in [3.63, 3.8) is 0 Å². The molecule has 0 heterocycles. The van der Waals surface area contributed by atoms with Crippen LogP contribution in [0.25, 0.3) is 0 Å². The molecule has 4 nitrogen and oxygen atoms in total. The first-order valence-electron chi connectivity index (χ1n) is 7.66. The molecule has 1 N–H and O–H groups in total. The van der Waals surface area contributed by atoms with Gasteiger partial charge in [-0.1, -0.05) is 91.0 Å². The molecule has 0 aliphatic carbocycles. The zero-order chi connectivity index (χ0) is 17.9. The first-order valence-corrected chi connectivity index (χ1v) is 10.9. The van der Waals surface area contributed by atoms with Crippen LogP contribution in [0.15, 0.2) is 91.0 Å². The number of rotatable bonds is 5. The minimum atomic E-state index is -4.64. The van der Waals surface area contributed by atoms with Gasteiger partial charge in [0.2, 0.25) is 0 Å². The molecule has 0 spiro atoms. The largest absolute Gasteiger partial charge is 0.312 e. The second-order valence-electron chi connectivity index (χ2n) is 5.61. The molecule has 0 amide bonds. The molecule has 0 fully saturated rings. The van der Waals surface area contributed by atoms with Crippen molar-refractivity contribution in [2.75, 3.05) is 0 Å². The first-order chi connectivity index (χ1) is 11.9. The highest BCUT2D eigenvalue weighted by molar-refractivity contribution is 7.99. The van der Waals surface area contributed by atoms with Crippen LogP contribution < -0.4 is 10.6 Å². The predicted molar refractivity (Wildman–Crippen MR) is 100 cm³/mol. The van der Waals surface area contributed by atoms with Gasteiger partial charge in [-0.3, -0.25) is 4.55 Å². The number of hydrogen-bond donors (Lipinski definition) is 1. The Morgan fingerprint density at radius 2 is 1.04 bits per heavy atom. The Bertz CT molecular complexity index is 944. The maximum Gasteiger partial charge on any atom is 0.279 e. The van der Waals surface area contributed by atoms with Crippen LogP contribution in [0.5, 0.6) is 0 Å². The lowest BCUT2D eigenvalue weighted by Gasteiger charge is -2.27. The molecule has 128 valence electrons. The Kier molecular flexibility index (Phi) is 4.91. The van der Waals surface area contributed by atoms with Crippen molar-refractivity contribution < 1.29 is 17.5 Å². The summed E-state index contributed by atoms with van der Waals surface area (Å²) in [5.41, 5.74) is 0.293. The summed E-state index contributed by atoms with van der Waals surface area (Å²) in [5, 5.41) is 0.764. The predicted octanol–water partition coefficient (Wildman–Crippen LogP) is 3.59. The molecule has 0 saturated heterocycles. The maximum absolute atomic E-state index is 14.2. The van der Waals surface area contributed by atoms with Crippen LogP contribution in [0.1, 0.15) is 10.6 Å². The minimum absolute atomic E-state index is 0.293. The lowest BCUT2D eigenvalue weighted by atomic mass is 10.2. The van der Waals surface area contributed by atoms with Gasteiger partial charge in [-0.2, -0.15) is 8.42 Å². The standard InChI is InChI=1S/C19H17O4PS/c20-24(17-12-6-2-7-13-17,18-14-8-3-9-15-18)19(25(21,22)23)16-10-4-1-5-11-16/h1-15,19H,(H,21,22,23). The molecule has 3 aromatic carbocycles. The molecule has 0 bridgehead atoms. The highest BCUT2D eigenvalue weighted by atomic mass is 32.2. The molecular formula is C19H17O4PS. The first kappa shape index (κ1) is 17.6. The van der Waals surface area contributed by atoms with E-state index in [1.807, 2.05) is 0 Å². The van der Waals surface area contributed by atoms with Gasteiger partial charge in [-0.25, -0.2) is 0 Å². The van der Waals surface area contributed by atoms with E-state index in [-0.39, 0.29) is 0 Å². The lowest BCUT2D eigenvalue weighted by molar-refractivity contribution is 0.478. The van der Waals surface area contributed by atoms with Gasteiger partial charge < -0.3 is 4.57 Å². The molecule has 3 rings (SSSR count). The van der Waals surface area contributed by atoms with E-state index in [1.54, 1.807) is 91.0 Å². The summed E-state index contributed by atoms with van der Waals surface area (Å²) < 4.78 is 48.8. The fourth-order valence-electron chi connectivity index (χ4n) is 2.91. The van der Waals surface area contributed by atoms with Crippen molar-refractivity contribution in [2.24, 2.45) is 0 Å². The van der Waals surface area contributed by atoms with Crippen molar-refractivity contribution >= 4 is 27.9 Å². The summed E-state index contributed by atoms with van der Waals surface area (Å²) in [7, 11) is -8.35. The second kappa shape index (κ2) is 6.96. The summed E-state index contributed by atoms with van der Waals surface area (Å²) in [6, 6.07) is 25.1. The molecular weight excluding hydrogens is 355 g/mol. The highest BCUT2D eigenvalue weighted by Crippen LogP contribution is 2.59. The minimum Gasteiger partial charge on any atom is -0.312 e. The van der Waals surface area contributed by atoms with E-state index in [4.69, 9.17) is 0 Å². The van der Waals surface area contributed by atoms with Crippen molar-refractivity contribution in [1.82, 2.24) is 0 Å². The van der Waals surface area contributed by atoms with Crippen molar-refractivity contribution in [1.29, 1.82) is 0 Å². The van der Waals surface area contributed by atoms with E-state index in [9.17, 15) is 17.5 Å². The average molecular weight is 372 g/mol. The second-order valence-corrected chi connectivity index (χ2v) is 10.3. The molecule has 0 aliphatic rings. The van der Waals surface area contributed by atoms with Crippen molar-refractivity contribution in [2.45, 2.75) is 4.99 Å². The van der Waals surface area contributed by atoms with E-state index >= 15 is 0 Å². The fourth-order valence-corrected chi connectivity index (χ4v) is 8.30. The van der Waals surface area contributed by atoms with Gasteiger partial charge >= 0.3 is 0 Å². The van der Waals surface area contributed by atoms with Gasteiger partial charge in [0.15, 0.2) is 12.1 Å². The quantitative estimate of drug-likeness (QED) is 0.549. The third-order valence-corrected chi connectivity index (χ3v) is 9.59. The normalized spacial score (nSPS) is 13.3. The molecule has 0 saturated carbocycles. The molecule has 0 aliphatic heterocycles. The van der Waals surface area contributed by atoms with Crippen LogP contribution in [-0.2, 0) is 14.7 Å². The SMILES string of the molecule is O=P(c1ccccc1)(c1ccccc1)C(c1ccccc1)S(=O)(=O)O. The molecule has 0 aromatic heterocycles. The molecule has 1 unspecified atom stereocenters. The molecule has 25 heavy (non-hydrogen) atoms. The zero-order valence-corrected chi connectivity index (χ0v) is 15.0. The Morgan fingerprint density at radius 1 is 0.680 bits per heavy atom. The van der Waals surface area contributed by atoms with Crippen LogP contribution in [0.2, 0.25) is 0 Å².